The number of ether oxygens (including phenoxy) is 2. The van der Waals surface area contributed by atoms with Gasteiger partial charge in [0.05, 0.1) is 14.2 Å². The minimum Gasteiger partial charge on any atom is -0.496 e. The fourth-order valence-electron chi connectivity index (χ4n) is 5.43. The lowest BCUT2D eigenvalue weighted by Gasteiger charge is -2.27. The Morgan fingerprint density at radius 1 is 0.435 bits per heavy atom. The minimum absolute atomic E-state index is 0.0466. The highest BCUT2D eigenvalue weighted by Gasteiger charge is 2.27. The van der Waals surface area contributed by atoms with Crippen molar-refractivity contribution in [3.05, 3.63) is 118 Å². The van der Waals surface area contributed by atoms with E-state index in [9.17, 15) is 0 Å². The molecule has 244 valence electrons. The lowest BCUT2D eigenvalue weighted by Crippen LogP contribution is -2.21. The van der Waals surface area contributed by atoms with Crippen molar-refractivity contribution in [3.8, 4) is 0 Å². The van der Waals surface area contributed by atoms with Crippen LogP contribution in [-0.4, -0.2) is 24.8 Å². The van der Waals surface area contributed by atoms with Gasteiger partial charge in [0.25, 0.3) is 0 Å². The molecular formula is C42H54O2P2. The van der Waals surface area contributed by atoms with E-state index >= 15 is 0 Å². The Hall–Kier alpha value is -2.92. The molecule has 0 bridgehead atoms. The molecule has 4 heteroatoms. The van der Waals surface area contributed by atoms with Gasteiger partial charge in [0.15, 0.2) is 0 Å². The Labute approximate surface area is 283 Å². The van der Waals surface area contributed by atoms with Crippen molar-refractivity contribution in [2.75, 3.05) is 14.2 Å². The molecule has 0 radical (unpaired) electrons. The first-order valence-electron chi connectivity index (χ1n) is 16.3. The van der Waals surface area contributed by atoms with Crippen molar-refractivity contribution in [1.82, 2.24) is 0 Å². The summed E-state index contributed by atoms with van der Waals surface area (Å²) >= 11 is 0. The lowest BCUT2D eigenvalue weighted by molar-refractivity contribution is 0.295. The Balaban J connectivity index is 2.03. The highest BCUT2D eigenvalue weighted by atomic mass is 31.1. The third-order valence-corrected chi connectivity index (χ3v) is 10.8. The van der Waals surface area contributed by atoms with Crippen molar-refractivity contribution in [1.29, 1.82) is 0 Å². The van der Waals surface area contributed by atoms with Crippen LogP contribution >= 0.6 is 16.4 Å². The van der Waals surface area contributed by atoms with E-state index in [1.54, 1.807) is 14.2 Å². The summed E-state index contributed by atoms with van der Waals surface area (Å²) in [6.45, 7) is 27.6. The van der Waals surface area contributed by atoms with Crippen molar-refractivity contribution < 1.29 is 9.47 Å². The van der Waals surface area contributed by atoms with Gasteiger partial charge in [-0.25, -0.2) is 0 Å². The molecular weight excluding hydrogens is 598 g/mol. The Bertz CT molecular complexity index is 1520. The maximum Gasteiger partial charge on any atom is 0.127 e. The van der Waals surface area contributed by atoms with Crippen LogP contribution in [0.3, 0.4) is 0 Å². The van der Waals surface area contributed by atoms with E-state index in [0.29, 0.717) is 0 Å². The zero-order valence-corrected chi connectivity index (χ0v) is 32.4. The van der Waals surface area contributed by atoms with Crippen LogP contribution in [0.4, 0.5) is 0 Å². The molecule has 0 aromatic heterocycles. The van der Waals surface area contributed by atoms with Crippen LogP contribution in [-0.2, 0) is 31.1 Å². The Morgan fingerprint density at radius 3 is 0.957 bits per heavy atom. The van der Waals surface area contributed by atoms with Crippen LogP contribution in [0.5, 0.6) is 0 Å². The van der Waals surface area contributed by atoms with Crippen molar-refractivity contribution >= 4 is 37.6 Å². The largest absolute Gasteiger partial charge is 0.496 e. The average molecular weight is 653 g/mol. The predicted octanol–water partition coefficient (Wildman–Crippen LogP) is 10.6. The van der Waals surface area contributed by atoms with Crippen LogP contribution in [0.25, 0.3) is 0 Å². The number of allylic oxidation sites excluding steroid dienone is 8. The maximum atomic E-state index is 6.10. The SMILES string of the molecule is COC1=CC=CC(=Pc2cc(C(C)(C)C)cc(C(C)(C)C)c2)C1=C1C(OC)=CC=CC1=Pc1cc(C(C)(C)C)cc(C(C)(C)C)c1. The van der Waals surface area contributed by atoms with Gasteiger partial charge in [0.1, 0.15) is 11.5 Å². The molecule has 0 atom stereocenters. The fourth-order valence-corrected chi connectivity index (χ4v) is 7.79. The van der Waals surface area contributed by atoms with Crippen LogP contribution < -0.4 is 10.6 Å². The number of hydrogen-bond donors (Lipinski definition) is 0. The normalized spacial score (nSPS) is 19.4. The van der Waals surface area contributed by atoms with Gasteiger partial charge < -0.3 is 9.47 Å². The van der Waals surface area contributed by atoms with E-state index in [4.69, 9.17) is 9.47 Å². The van der Waals surface area contributed by atoms with E-state index in [0.717, 1.165) is 39.1 Å². The summed E-state index contributed by atoms with van der Waals surface area (Å²) in [6, 6.07) is 14.3. The Morgan fingerprint density at radius 2 is 0.717 bits per heavy atom. The van der Waals surface area contributed by atoms with Crippen LogP contribution in [0.2, 0.25) is 0 Å². The second-order valence-electron chi connectivity index (χ2n) is 16.5. The summed E-state index contributed by atoms with van der Waals surface area (Å²) in [5.74, 6) is 1.71. The Kier molecular flexibility index (Phi) is 10.4. The van der Waals surface area contributed by atoms with Gasteiger partial charge in [0, 0.05) is 32.3 Å². The molecule has 46 heavy (non-hydrogen) atoms. The fraction of sp³-hybridized carbons (Fsp3) is 0.429. The average Bonchev–Trinajstić information content (AvgIpc) is 2.95. The van der Waals surface area contributed by atoms with E-state index in [1.165, 1.54) is 43.4 Å². The molecule has 4 rings (SSSR count). The topological polar surface area (TPSA) is 18.5 Å². The minimum atomic E-state index is 0.0466. The summed E-state index contributed by atoms with van der Waals surface area (Å²) in [5, 5.41) is 4.97. The third-order valence-electron chi connectivity index (χ3n) is 8.50. The van der Waals surface area contributed by atoms with Gasteiger partial charge in [-0.2, -0.15) is 0 Å². The van der Waals surface area contributed by atoms with Gasteiger partial charge in [-0.3, -0.25) is 0 Å². The number of methoxy groups -OCH3 is 2. The summed E-state index contributed by atoms with van der Waals surface area (Å²) in [4.78, 5) is 0. The smallest absolute Gasteiger partial charge is 0.127 e. The molecule has 0 N–H and O–H groups in total. The monoisotopic (exact) mass is 652 g/mol. The van der Waals surface area contributed by atoms with Crippen molar-refractivity contribution in [2.45, 2.75) is 105 Å². The molecule has 2 nitrogen and oxygen atoms in total. The van der Waals surface area contributed by atoms with Crippen molar-refractivity contribution in [2.24, 2.45) is 0 Å². The van der Waals surface area contributed by atoms with E-state index < -0.39 is 0 Å². The molecule has 0 heterocycles. The van der Waals surface area contributed by atoms with Gasteiger partial charge in [0.2, 0.25) is 0 Å². The predicted molar refractivity (Wildman–Crippen MR) is 206 cm³/mol. The molecule has 2 aromatic rings. The number of benzene rings is 2. The highest BCUT2D eigenvalue weighted by Crippen LogP contribution is 2.36. The molecule has 0 aliphatic heterocycles. The maximum absolute atomic E-state index is 6.10. The second-order valence-corrected chi connectivity index (χ2v) is 18.9. The summed E-state index contributed by atoms with van der Waals surface area (Å²) in [5.41, 5.74) is 7.80. The molecule has 0 spiro atoms. The van der Waals surface area contributed by atoms with Crippen LogP contribution in [0.1, 0.15) is 105 Å². The van der Waals surface area contributed by atoms with Crippen LogP contribution in [0.15, 0.2) is 95.5 Å². The lowest BCUT2D eigenvalue weighted by atomic mass is 9.81. The standard InChI is InChI=1S/C42H54O2P2/c1-39(2,3)27-21-28(40(4,5)6)24-31(23-27)45-35-19-15-17-33(43-13)37(35)38-34(44-14)18-16-20-36(38)46-32-25-29(41(7,8)9)22-30(26-32)42(10,11)12/h15-26H,1-14H3. The molecule has 2 aromatic carbocycles. The summed E-state index contributed by atoms with van der Waals surface area (Å²) in [7, 11) is 5.80. The first kappa shape index (κ1) is 35.9. The highest BCUT2D eigenvalue weighted by molar-refractivity contribution is 7.51. The summed E-state index contributed by atoms with van der Waals surface area (Å²) < 4.78 is 12.2. The molecule has 2 aliphatic carbocycles. The zero-order valence-electron chi connectivity index (χ0n) is 30.6. The van der Waals surface area contributed by atoms with Gasteiger partial charge in [-0.1, -0.05) is 124 Å². The van der Waals surface area contributed by atoms with E-state index in [1.807, 2.05) is 0 Å². The van der Waals surface area contributed by atoms with Crippen molar-refractivity contribution in [3.63, 3.8) is 0 Å². The first-order chi connectivity index (χ1) is 21.2. The third kappa shape index (κ3) is 8.32. The van der Waals surface area contributed by atoms with Gasteiger partial charge >= 0.3 is 0 Å². The van der Waals surface area contributed by atoms with E-state index in [2.05, 4.69) is 156 Å². The number of rotatable bonds is 4. The molecule has 2 aliphatic rings. The molecule has 0 saturated carbocycles. The number of hydrogen-bond acceptors (Lipinski definition) is 2. The second kappa shape index (κ2) is 13.3. The van der Waals surface area contributed by atoms with Crippen LogP contribution in [0, 0.1) is 0 Å². The van der Waals surface area contributed by atoms with Gasteiger partial charge in [-0.15, -0.1) is 0 Å². The molecule has 0 saturated heterocycles. The first-order valence-corrected chi connectivity index (χ1v) is 18.1. The van der Waals surface area contributed by atoms with Gasteiger partial charge in [-0.05, 0) is 92.5 Å². The summed E-state index contributed by atoms with van der Waals surface area (Å²) in [6.07, 6.45) is 12.9. The zero-order chi connectivity index (χ0) is 34.2. The quantitative estimate of drug-likeness (QED) is 0.306. The molecule has 0 amide bonds. The molecule has 0 unspecified atom stereocenters. The van der Waals surface area contributed by atoms with E-state index in [-0.39, 0.29) is 21.7 Å². The molecule has 0 fully saturated rings.